The number of halogens is 1. The zero-order valence-electron chi connectivity index (χ0n) is 7.40. The first-order chi connectivity index (χ1) is 6.79. The summed E-state index contributed by atoms with van der Waals surface area (Å²) in [6.45, 7) is 0.521. The number of aromatic nitrogens is 1. The highest BCUT2D eigenvalue weighted by atomic mass is 32.1. The molecule has 0 aromatic carbocycles. The summed E-state index contributed by atoms with van der Waals surface area (Å²) in [7, 11) is 0. The lowest BCUT2D eigenvalue weighted by Crippen LogP contribution is -1.91. The topological polar surface area (TPSA) is 38.9 Å². The van der Waals surface area contributed by atoms with Crippen molar-refractivity contribution >= 4 is 11.3 Å². The van der Waals surface area contributed by atoms with Crippen LogP contribution in [0.1, 0.15) is 4.88 Å². The highest BCUT2D eigenvalue weighted by Gasteiger charge is 2.02. The predicted octanol–water partition coefficient (Wildman–Crippen LogP) is 2.41. The van der Waals surface area contributed by atoms with Gasteiger partial charge in [0, 0.05) is 23.2 Å². The van der Waals surface area contributed by atoms with Gasteiger partial charge in [-0.15, -0.1) is 11.3 Å². The maximum atomic E-state index is 12.9. The minimum Gasteiger partial charge on any atom is -0.326 e. The summed E-state index contributed by atoms with van der Waals surface area (Å²) in [5.41, 5.74) is 7.26. The normalized spacial score (nSPS) is 10.4. The second-order valence-corrected chi connectivity index (χ2v) is 3.89. The average molecular weight is 208 g/mol. The van der Waals surface area contributed by atoms with Gasteiger partial charge in [-0.1, -0.05) is 0 Å². The van der Waals surface area contributed by atoms with E-state index >= 15 is 0 Å². The number of rotatable bonds is 2. The van der Waals surface area contributed by atoms with Crippen molar-refractivity contribution in [1.82, 2.24) is 4.98 Å². The number of hydrogen-bond donors (Lipinski definition) is 1. The lowest BCUT2D eigenvalue weighted by atomic mass is 10.1. The van der Waals surface area contributed by atoms with Crippen LogP contribution in [0.15, 0.2) is 29.9 Å². The van der Waals surface area contributed by atoms with E-state index in [-0.39, 0.29) is 5.82 Å². The van der Waals surface area contributed by atoms with Gasteiger partial charge in [-0.05, 0) is 23.1 Å². The van der Waals surface area contributed by atoms with E-state index in [9.17, 15) is 4.39 Å². The average Bonchev–Trinajstić information content (AvgIpc) is 2.66. The van der Waals surface area contributed by atoms with Gasteiger partial charge >= 0.3 is 0 Å². The Labute approximate surface area is 85.2 Å². The molecule has 14 heavy (non-hydrogen) atoms. The van der Waals surface area contributed by atoms with E-state index in [1.54, 1.807) is 17.5 Å². The van der Waals surface area contributed by atoms with Gasteiger partial charge in [0.2, 0.25) is 0 Å². The number of pyridine rings is 1. The molecule has 0 saturated heterocycles. The van der Waals surface area contributed by atoms with Crippen molar-refractivity contribution in [1.29, 1.82) is 0 Å². The summed E-state index contributed by atoms with van der Waals surface area (Å²) in [6, 6.07) is 3.43. The molecule has 2 heterocycles. The van der Waals surface area contributed by atoms with Gasteiger partial charge in [-0.3, -0.25) is 4.98 Å². The third kappa shape index (κ3) is 1.81. The van der Waals surface area contributed by atoms with Crippen molar-refractivity contribution in [2.75, 3.05) is 0 Å². The van der Waals surface area contributed by atoms with E-state index in [1.165, 1.54) is 12.3 Å². The van der Waals surface area contributed by atoms with Crippen LogP contribution in [0.4, 0.5) is 4.39 Å². The fraction of sp³-hybridized carbons (Fsp3) is 0.100. The van der Waals surface area contributed by atoms with E-state index in [0.717, 1.165) is 16.0 Å². The molecule has 0 saturated carbocycles. The van der Waals surface area contributed by atoms with Gasteiger partial charge in [0.1, 0.15) is 5.82 Å². The number of nitrogens with zero attached hydrogens (tertiary/aromatic N) is 1. The summed E-state index contributed by atoms with van der Waals surface area (Å²) in [4.78, 5) is 4.88. The Morgan fingerprint density at radius 3 is 2.79 bits per heavy atom. The molecule has 2 nitrogen and oxygen atoms in total. The zero-order valence-corrected chi connectivity index (χ0v) is 8.22. The van der Waals surface area contributed by atoms with Gasteiger partial charge in [0.25, 0.3) is 0 Å². The Morgan fingerprint density at radius 1 is 1.29 bits per heavy atom. The SMILES string of the molecule is NCc1cc(-c2cncc(F)c2)cs1. The molecule has 2 aromatic rings. The van der Waals surface area contributed by atoms with Crippen LogP contribution in [0, 0.1) is 5.82 Å². The summed E-state index contributed by atoms with van der Waals surface area (Å²) >= 11 is 1.58. The van der Waals surface area contributed by atoms with Gasteiger partial charge in [-0.25, -0.2) is 4.39 Å². The molecule has 2 N–H and O–H groups in total. The van der Waals surface area contributed by atoms with E-state index in [4.69, 9.17) is 5.73 Å². The summed E-state index contributed by atoms with van der Waals surface area (Å²) < 4.78 is 12.9. The minimum absolute atomic E-state index is 0.317. The smallest absolute Gasteiger partial charge is 0.142 e. The van der Waals surface area contributed by atoms with Crippen LogP contribution in [-0.4, -0.2) is 4.98 Å². The van der Waals surface area contributed by atoms with Crippen LogP contribution in [0.2, 0.25) is 0 Å². The molecule has 0 bridgehead atoms. The van der Waals surface area contributed by atoms with Crippen molar-refractivity contribution in [2.24, 2.45) is 5.73 Å². The molecular weight excluding hydrogens is 199 g/mol. The Hall–Kier alpha value is -1.26. The molecular formula is C10H9FN2S. The Morgan fingerprint density at radius 2 is 2.14 bits per heavy atom. The van der Waals surface area contributed by atoms with Crippen molar-refractivity contribution < 1.29 is 4.39 Å². The molecule has 0 atom stereocenters. The minimum atomic E-state index is -0.317. The lowest BCUT2D eigenvalue weighted by molar-refractivity contribution is 0.622. The number of hydrogen-bond acceptors (Lipinski definition) is 3. The number of nitrogens with two attached hydrogens (primary N) is 1. The Kier molecular flexibility index (Phi) is 2.56. The first-order valence-electron chi connectivity index (χ1n) is 4.18. The predicted molar refractivity (Wildman–Crippen MR) is 55.4 cm³/mol. The molecule has 0 aliphatic heterocycles. The van der Waals surface area contributed by atoms with Gasteiger partial charge in [-0.2, -0.15) is 0 Å². The molecule has 4 heteroatoms. The summed E-state index contributed by atoms with van der Waals surface area (Å²) in [5.74, 6) is -0.317. The molecule has 2 rings (SSSR count). The molecule has 0 aliphatic rings. The zero-order chi connectivity index (χ0) is 9.97. The van der Waals surface area contributed by atoms with E-state index in [2.05, 4.69) is 4.98 Å². The van der Waals surface area contributed by atoms with Crippen molar-refractivity contribution in [3.8, 4) is 11.1 Å². The third-order valence-corrected chi connectivity index (χ3v) is 2.85. The maximum Gasteiger partial charge on any atom is 0.142 e. The van der Waals surface area contributed by atoms with Crippen LogP contribution in [0.3, 0.4) is 0 Å². The standard InChI is InChI=1S/C10H9FN2S/c11-9-1-7(4-13-5-9)8-2-10(3-12)14-6-8/h1-2,4-6H,3,12H2. The fourth-order valence-electron chi connectivity index (χ4n) is 1.21. The molecule has 0 unspecified atom stereocenters. The van der Waals surface area contributed by atoms with Gasteiger partial charge < -0.3 is 5.73 Å². The molecule has 0 fully saturated rings. The van der Waals surface area contributed by atoms with Crippen LogP contribution < -0.4 is 5.73 Å². The highest BCUT2D eigenvalue weighted by molar-refractivity contribution is 7.10. The van der Waals surface area contributed by atoms with Crippen LogP contribution in [-0.2, 0) is 6.54 Å². The first-order valence-corrected chi connectivity index (χ1v) is 5.06. The van der Waals surface area contributed by atoms with Crippen molar-refractivity contribution in [2.45, 2.75) is 6.54 Å². The second kappa shape index (κ2) is 3.86. The Bertz CT molecular complexity index is 439. The monoisotopic (exact) mass is 208 g/mol. The van der Waals surface area contributed by atoms with E-state index in [1.807, 2.05) is 11.4 Å². The van der Waals surface area contributed by atoms with Crippen molar-refractivity contribution in [3.05, 3.63) is 40.6 Å². The van der Waals surface area contributed by atoms with Crippen LogP contribution in [0.5, 0.6) is 0 Å². The fourth-order valence-corrected chi connectivity index (χ4v) is 1.98. The van der Waals surface area contributed by atoms with E-state index in [0.29, 0.717) is 6.54 Å². The van der Waals surface area contributed by atoms with Crippen LogP contribution in [0.25, 0.3) is 11.1 Å². The maximum absolute atomic E-state index is 12.9. The highest BCUT2D eigenvalue weighted by Crippen LogP contribution is 2.24. The molecule has 0 aliphatic carbocycles. The second-order valence-electron chi connectivity index (χ2n) is 2.90. The summed E-state index contributed by atoms with van der Waals surface area (Å²) in [6.07, 6.45) is 2.84. The largest absolute Gasteiger partial charge is 0.326 e. The quantitative estimate of drug-likeness (QED) is 0.823. The lowest BCUT2D eigenvalue weighted by Gasteiger charge is -1.95. The van der Waals surface area contributed by atoms with Gasteiger partial charge in [0.05, 0.1) is 6.20 Å². The van der Waals surface area contributed by atoms with Gasteiger partial charge in [0.15, 0.2) is 0 Å². The third-order valence-electron chi connectivity index (χ3n) is 1.89. The van der Waals surface area contributed by atoms with E-state index < -0.39 is 0 Å². The van der Waals surface area contributed by atoms with Crippen molar-refractivity contribution in [3.63, 3.8) is 0 Å². The molecule has 2 aromatic heterocycles. The van der Waals surface area contributed by atoms with Crippen LogP contribution >= 0.6 is 11.3 Å². The molecule has 0 spiro atoms. The molecule has 0 amide bonds. The molecule has 0 radical (unpaired) electrons. The summed E-state index contributed by atoms with van der Waals surface area (Å²) in [5, 5.41) is 1.96. The first kappa shape index (κ1) is 9.30. The number of thiophene rings is 1. The molecule has 72 valence electrons. The Balaban J connectivity index is 2.39.